The quantitative estimate of drug-likeness (QED) is 0.300. The van der Waals surface area contributed by atoms with Gasteiger partial charge in [0.1, 0.15) is 17.8 Å². The maximum absolute atomic E-state index is 14.4. The molecule has 0 unspecified atom stereocenters. The summed E-state index contributed by atoms with van der Waals surface area (Å²) in [5, 5.41) is 19.4. The fourth-order valence-corrected chi connectivity index (χ4v) is 6.46. The first-order chi connectivity index (χ1) is 20.1. The average molecular weight is 609 g/mol. The Morgan fingerprint density at radius 1 is 1.09 bits per heavy atom. The Labute approximate surface area is 260 Å². The van der Waals surface area contributed by atoms with Gasteiger partial charge >= 0.3 is 5.97 Å². The highest BCUT2D eigenvalue weighted by atomic mass is 35.5. The van der Waals surface area contributed by atoms with Crippen LogP contribution in [0.25, 0.3) is 0 Å². The lowest BCUT2D eigenvalue weighted by atomic mass is 9.72. The third-order valence-corrected chi connectivity index (χ3v) is 8.97. The van der Waals surface area contributed by atoms with Crippen LogP contribution in [0.1, 0.15) is 82.9 Å². The van der Waals surface area contributed by atoms with E-state index in [4.69, 9.17) is 16.3 Å². The molecule has 0 saturated carbocycles. The molecule has 2 N–H and O–H groups in total. The fourth-order valence-electron chi connectivity index (χ4n) is 6.33. The molecule has 0 bridgehead atoms. The number of nitrogens with zero attached hydrogens (tertiary/aromatic N) is 3. The van der Waals surface area contributed by atoms with Crippen LogP contribution in [0.3, 0.4) is 0 Å². The summed E-state index contributed by atoms with van der Waals surface area (Å²) in [5.41, 5.74) is 3.09. The largest absolute Gasteiger partial charge is 0.496 e. The van der Waals surface area contributed by atoms with Crippen molar-refractivity contribution >= 4 is 23.5 Å². The topological polar surface area (TPSA) is 96.7 Å². The lowest BCUT2D eigenvalue weighted by Gasteiger charge is -2.35. The summed E-state index contributed by atoms with van der Waals surface area (Å²) in [6, 6.07) is 13.1. The van der Waals surface area contributed by atoms with Crippen LogP contribution >= 0.6 is 11.6 Å². The van der Waals surface area contributed by atoms with Gasteiger partial charge in [0.15, 0.2) is 0 Å². The second kappa shape index (κ2) is 12.3. The van der Waals surface area contributed by atoms with Gasteiger partial charge in [-0.05, 0) is 41.9 Å². The monoisotopic (exact) mass is 608 g/mol. The molecule has 2 heterocycles. The molecule has 5 atom stereocenters. The number of hydrogen-bond acceptors (Lipinski definition) is 5. The van der Waals surface area contributed by atoms with Crippen molar-refractivity contribution < 1.29 is 19.4 Å². The number of rotatable bonds is 8. The molecule has 0 radical (unpaired) electrons. The molecule has 1 amide bonds. The minimum absolute atomic E-state index is 0.0591. The summed E-state index contributed by atoms with van der Waals surface area (Å²) in [6.07, 6.45) is 1.62. The molecule has 2 aromatic carbocycles. The summed E-state index contributed by atoms with van der Waals surface area (Å²) in [6.45, 7) is 16.6. The molecule has 8 nitrogen and oxygen atoms in total. The zero-order valence-corrected chi connectivity index (χ0v) is 27.4. The molecule has 43 heavy (non-hydrogen) atoms. The lowest BCUT2D eigenvalue weighted by Crippen LogP contribution is -2.49. The molecular formula is C34H45ClN4O4. The molecule has 1 saturated heterocycles. The van der Waals surface area contributed by atoms with E-state index in [0.717, 1.165) is 16.9 Å². The highest BCUT2D eigenvalue weighted by molar-refractivity contribution is 6.31. The van der Waals surface area contributed by atoms with Crippen molar-refractivity contribution in [3.05, 3.63) is 82.1 Å². The van der Waals surface area contributed by atoms with Gasteiger partial charge in [-0.2, -0.15) is 5.10 Å². The summed E-state index contributed by atoms with van der Waals surface area (Å²) in [7, 11) is 1.65. The Hall–Kier alpha value is -3.36. The Morgan fingerprint density at radius 3 is 2.26 bits per heavy atom. The highest BCUT2D eigenvalue weighted by Crippen LogP contribution is 2.49. The van der Waals surface area contributed by atoms with Crippen molar-refractivity contribution in [2.24, 2.45) is 11.3 Å². The van der Waals surface area contributed by atoms with Crippen molar-refractivity contribution in [3.63, 3.8) is 0 Å². The van der Waals surface area contributed by atoms with Crippen LogP contribution in [0.2, 0.25) is 5.02 Å². The van der Waals surface area contributed by atoms with E-state index in [9.17, 15) is 14.7 Å². The summed E-state index contributed by atoms with van der Waals surface area (Å²) < 4.78 is 7.25. The second-order valence-electron chi connectivity index (χ2n) is 13.7. The van der Waals surface area contributed by atoms with Crippen LogP contribution < -0.4 is 10.1 Å². The standard InChI is InChI=1S/C34H45ClN4O4/c1-20-25(35)19-38(37-20)21(2)31(40)39-29(22-13-11-10-12-14-22)28(27(34(6,7)8)30(39)32(41)42)36-18-23-17-24(33(3,4)5)15-16-26(23)43-9/h10-17,19,21,27-30,36H,18H2,1-9H3,(H,41,42)/t21-,27-,28-,29-,30-/m0/s1. The van der Waals surface area contributed by atoms with Gasteiger partial charge in [0.05, 0.1) is 23.9 Å². The molecule has 1 aliphatic rings. The van der Waals surface area contributed by atoms with Crippen LogP contribution in [0.4, 0.5) is 0 Å². The molecule has 232 valence electrons. The zero-order valence-electron chi connectivity index (χ0n) is 26.7. The molecular weight excluding hydrogens is 564 g/mol. The third-order valence-electron chi connectivity index (χ3n) is 8.60. The van der Waals surface area contributed by atoms with Crippen molar-refractivity contribution in [3.8, 4) is 5.75 Å². The molecule has 9 heteroatoms. The zero-order chi connectivity index (χ0) is 31.9. The number of aromatic nitrogens is 2. The number of methoxy groups -OCH3 is 1. The molecule has 0 aliphatic carbocycles. The number of aryl methyl sites for hydroxylation is 1. The van der Waals surface area contributed by atoms with Gasteiger partial charge in [-0.3, -0.25) is 9.48 Å². The van der Waals surface area contributed by atoms with Crippen LogP contribution in [-0.2, 0) is 21.5 Å². The molecule has 1 fully saturated rings. The van der Waals surface area contributed by atoms with Gasteiger partial charge in [-0.1, -0.05) is 95.6 Å². The molecule has 1 aliphatic heterocycles. The van der Waals surface area contributed by atoms with Gasteiger partial charge < -0.3 is 20.1 Å². The Morgan fingerprint density at radius 2 is 1.74 bits per heavy atom. The minimum Gasteiger partial charge on any atom is -0.496 e. The summed E-state index contributed by atoms with van der Waals surface area (Å²) >= 11 is 6.29. The SMILES string of the molecule is COc1ccc(C(C)(C)C)cc1CN[C@H]1[C@H](C(C)(C)C)[C@@H](C(=O)O)N(C(=O)[C@H](C)n2cc(Cl)c(C)n2)[C@H]1c1ccccc1. The predicted molar refractivity (Wildman–Crippen MR) is 169 cm³/mol. The van der Waals surface area contributed by atoms with Gasteiger partial charge in [0, 0.05) is 30.3 Å². The van der Waals surface area contributed by atoms with E-state index >= 15 is 0 Å². The third kappa shape index (κ3) is 6.60. The van der Waals surface area contributed by atoms with Crippen molar-refractivity contribution in [1.29, 1.82) is 0 Å². The number of nitrogens with one attached hydrogen (secondary N) is 1. The van der Waals surface area contributed by atoms with E-state index in [1.165, 1.54) is 10.2 Å². The number of aliphatic carboxylic acids is 1. The van der Waals surface area contributed by atoms with E-state index in [2.05, 4.69) is 43.3 Å². The normalized spacial score (nSPS) is 21.6. The average Bonchev–Trinajstić information content (AvgIpc) is 3.47. The molecule has 3 aromatic rings. The van der Waals surface area contributed by atoms with Gasteiger partial charge in [0.2, 0.25) is 5.91 Å². The second-order valence-corrected chi connectivity index (χ2v) is 14.1. The van der Waals surface area contributed by atoms with E-state index < -0.39 is 35.4 Å². The Balaban J connectivity index is 1.84. The molecule has 1 aromatic heterocycles. The van der Waals surface area contributed by atoms with Crippen molar-refractivity contribution in [2.45, 2.75) is 91.5 Å². The van der Waals surface area contributed by atoms with E-state index in [0.29, 0.717) is 17.3 Å². The summed E-state index contributed by atoms with van der Waals surface area (Å²) in [5.74, 6) is -1.03. The van der Waals surface area contributed by atoms with Crippen molar-refractivity contribution in [1.82, 2.24) is 20.0 Å². The number of carbonyl (C=O) groups excluding carboxylic acids is 1. The first-order valence-electron chi connectivity index (χ1n) is 14.8. The number of halogens is 1. The number of likely N-dealkylation sites (tertiary alicyclic amines) is 1. The van der Waals surface area contributed by atoms with Gasteiger partial charge in [-0.15, -0.1) is 0 Å². The maximum Gasteiger partial charge on any atom is 0.326 e. The number of hydrogen-bond donors (Lipinski definition) is 2. The fraction of sp³-hybridized carbons (Fsp3) is 0.500. The van der Waals surface area contributed by atoms with E-state index in [-0.39, 0.29) is 17.4 Å². The van der Waals surface area contributed by atoms with Crippen LogP contribution in [0, 0.1) is 18.3 Å². The van der Waals surface area contributed by atoms with Crippen LogP contribution in [-0.4, -0.2) is 50.9 Å². The lowest BCUT2D eigenvalue weighted by molar-refractivity contribution is -0.153. The van der Waals surface area contributed by atoms with Gasteiger partial charge in [0.25, 0.3) is 0 Å². The van der Waals surface area contributed by atoms with Crippen LogP contribution in [0.5, 0.6) is 5.75 Å². The smallest absolute Gasteiger partial charge is 0.326 e. The number of carboxylic acids is 1. The number of carboxylic acid groups (broad SMARTS) is 1. The number of ether oxygens (including phenoxy) is 1. The first kappa shape index (κ1) is 32.6. The van der Waals surface area contributed by atoms with E-state index in [1.54, 1.807) is 32.1 Å². The maximum atomic E-state index is 14.4. The van der Waals surface area contributed by atoms with Crippen LogP contribution in [0.15, 0.2) is 54.7 Å². The Bertz CT molecular complexity index is 1440. The van der Waals surface area contributed by atoms with Crippen molar-refractivity contribution in [2.75, 3.05) is 7.11 Å². The Kier molecular flexibility index (Phi) is 9.33. The number of amides is 1. The molecule has 4 rings (SSSR count). The number of benzene rings is 2. The summed E-state index contributed by atoms with van der Waals surface area (Å²) in [4.78, 5) is 29.2. The highest BCUT2D eigenvalue weighted by Gasteiger charge is 2.58. The first-order valence-corrected chi connectivity index (χ1v) is 15.2. The molecule has 0 spiro atoms. The van der Waals surface area contributed by atoms with E-state index in [1.807, 2.05) is 57.2 Å². The number of carbonyl (C=O) groups is 2. The predicted octanol–water partition coefficient (Wildman–Crippen LogP) is 6.57. The van der Waals surface area contributed by atoms with Gasteiger partial charge in [-0.25, -0.2) is 4.79 Å². The minimum atomic E-state index is -1.08.